The Bertz CT molecular complexity index is 338. The van der Waals surface area contributed by atoms with Crippen molar-refractivity contribution >= 4 is 5.69 Å². The molecule has 1 heterocycles. The van der Waals surface area contributed by atoms with E-state index in [9.17, 15) is 0 Å². The summed E-state index contributed by atoms with van der Waals surface area (Å²) in [5.74, 6) is 1.54. The fraction of sp³-hybridized carbons (Fsp3) is 0.643. The van der Waals surface area contributed by atoms with Crippen molar-refractivity contribution in [3.63, 3.8) is 0 Å². The van der Waals surface area contributed by atoms with Crippen molar-refractivity contribution in [1.82, 2.24) is 4.98 Å². The average molecular weight is 218 g/mol. The Kier molecular flexibility index (Phi) is 3.47. The molecule has 0 aliphatic heterocycles. The normalized spacial score (nSPS) is 30.1. The van der Waals surface area contributed by atoms with Crippen LogP contribution in [-0.4, -0.2) is 11.0 Å². The minimum absolute atomic E-state index is 0.609. The second-order valence-electron chi connectivity index (χ2n) is 5.31. The Morgan fingerprint density at radius 2 is 1.88 bits per heavy atom. The van der Waals surface area contributed by atoms with Crippen molar-refractivity contribution in [3.05, 3.63) is 24.0 Å². The van der Waals surface area contributed by atoms with E-state index in [4.69, 9.17) is 0 Å². The van der Waals surface area contributed by atoms with Crippen LogP contribution >= 0.6 is 0 Å². The van der Waals surface area contributed by atoms with Crippen LogP contribution in [0.5, 0.6) is 0 Å². The van der Waals surface area contributed by atoms with E-state index in [1.54, 1.807) is 0 Å². The van der Waals surface area contributed by atoms with Gasteiger partial charge in [0.15, 0.2) is 0 Å². The first-order valence-corrected chi connectivity index (χ1v) is 6.35. The lowest BCUT2D eigenvalue weighted by molar-refractivity contribution is 0.268. The summed E-state index contributed by atoms with van der Waals surface area (Å²) in [7, 11) is 0. The maximum atomic E-state index is 4.24. The minimum Gasteiger partial charge on any atom is -0.381 e. The van der Waals surface area contributed by atoms with Gasteiger partial charge in [-0.15, -0.1) is 0 Å². The minimum atomic E-state index is 0.609. The van der Waals surface area contributed by atoms with Gasteiger partial charge in [0.05, 0.1) is 5.69 Å². The number of anilines is 1. The topological polar surface area (TPSA) is 24.9 Å². The Balaban J connectivity index is 2.07. The first-order valence-electron chi connectivity index (χ1n) is 6.35. The van der Waals surface area contributed by atoms with Gasteiger partial charge in [-0.2, -0.15) is 0 Å². The zero-order valence-electron chi connectivity index (χ0n) is 10.5. The van der Waals surface area contributed by atoms with E-state index < -0.39 is 0 Å². The second kappa shape index (κ2) is 4.86. The molecular formula is C14H22N2. The smallest absolute Gasteiger partial charge is 0.0531 e. The molecule has 1 N–H and O–H groups in total. The summed E-state index contributed by atoms with van der Waals surface area (Å²) >= 11 is 0. The highest BCUT2D eigenvalue weighted by Gasteiger charge is 2.27. The summed E-state index contributed by atoms with van der Waals surface area (Å²) in [6.45, 7) is 6.80. The molecule has 1 fully saturated rings. The van der Waals surface area contributed by atoms with Gasteiger partial charge in [0.2, 0.25) is 0 Å². The van der Waals surface area contributed by atoms with Gasteiger partial charge in [-0.3, -0.25) is 4.98 Å². The van der Waals surface area contributed by atoms with E-state index in [2.05, 4.69) is 37.1 Å². The lowest BCUT2D eigenvalue weighted by Gasteiger charge is -2.35. The molecule has 88 valence electrons. The zero-order valence-corrected chi connectivity index (χ0v) is 10.5. The van der Waals surface area contributed by atoms with Crippen molar-refractivity contribution in [3.8, 4) is 0 Å². The van der Waals surface area contributed by atoms with Crippen molar-refractivity contribution in [2.24, 2.45) is 11.8 Å². The third kappa shape index (κ3) is 2.55. The molecule has 16 heavy (non-hydrogen) atoms. The Morgan fingerprint density at radius 1 is 1.19 bits per heavy atom. The van der Waals surface area contributed by atoms with Crippen LogP contribution < -0.4 is 5.32 Å². The van der Waals surface area contributed by atoms with Crippen molar-refractivity contribution in [2.75, 3.05) is 5.32 Å². The number of nitrogens with zero attached hydrogens (tertiary/aromatic N) is 1. The standard InChI is InChI=1S/C14H22N2/c1-10-7-13(9-15-8-10)16-14-11(2)5-4-6-12(14)3/h7-9,11-12,14,16H,4-6H2,1-3H3. The summed E-state index contributed by atoms with van der Waals surface area (Å²) in [5.41, 5.74) is 2.40. The summed E-state index contributed by atoms with van der Waals surface area (Å²) in [4.78, 5) is 4.24. The molecule has 2 heteroatoms. The highest BCUT2D eigenvalue weighted by atomic mass is 14.9. The second-order valence-corrected chi connectivity index (χ2v) is 5.31. The molecule has 0 aromatic carbocycles. The number of rotatable bonds is 2. The molecule has 2 nitrogen and oxygen atoms in total. The predicted octanol–water partition coefficient (Wildman–Crippen LogP) is 3.63. The van der Waals surface area contributed by atoms with E-state index in [0.717, 1.165) is 11.8 Å². The Hall–Kier alpha value is -1.05. The van der Waals surface area contributed by atoms with Crippen LogP contribution in [-0.2, 0) is 0 Å². The quantitative estimate of drug-likeness (QED) is 0.820. The molecule has 0 saturated heterocycles. The highest BCUT2D eigenvalue weighted by molar-refractivity contribution is 5.43. The van der Waals surface area contributed by atoms with Gasteiger partial charge >= 0.3 is 0 Å². The third-order valence-corrected chi connectivity index (χ3v) is 3.75. The van der Waals surface area contributed by atoms with E-state index in [-0.39, 0.29) is 0 Å². The number of aryl methyl sites for hydroxylation is 1. The highest BCUT2D eigenvalue weighted by Crippen LogP contribution is 2.31. The van der Waals surface area contributed by atoms with E-state index in [1.807, 2.05) is 12.4 Å². The zero-order chi connectivity index (χ0) is 11.5. The van der Waals surface area contributed by atoms with Crippen molar-refractivity contribution < 1.29 is 0 Å². The largest absolute Gasteiger partial charge is 0.381 e. The molecule has 2 rings (SSSR count). The molecule has 2 atom stereocenters. The molecule has 1 saturated carbocycles. The van der Waals surface area contributed by atoms with Crippen LogP contribution in [0.2, 0.25) is 0 Å². The van der Waals surface area contributed by atoms with Crippen LogP contribution in [0.3, 0.4) is 0 Å². The van der Waals surface area contributed by atoms with Crippen molar-refractivity contribution in [2.45, 2.75) is 46.1 Å². The Morgan fingerprint density at radius 3 is 2.50 bits per heavy atom. The summed E-state index contributed by atoms with van der Waals surface area (Å²) in [6, 6.07) is 2.79. The van der Waals surface area contributed by atoms with Gasteiger partial charge in [-0.05, 0) is 43.2 Å². The predicted molar refractivity (Wildman–Crippen MR) is 68.6 cm³/mol. The number of pyridine rings is 1. The first kappa shape index (κ1) is 11.4. The maximum absolute atomic E-state index is 4.24. The number of hydrogen-bond acceptors (Lipinski definition) is 2. The van der Waals surface area contributed by atoms with Crippen LogP contribution in [0.25, 0.3) is 0 Å². The van der Waals surface area contributed by atoms with Gasteiger partial charge in [0.1, 0.15) is 0 Å². The summed E-state index contributed by atoms with van der Waals surface area (Å²) in [5, 5.41) is 3.66. The molecule has 2 unspecified atom stereocenters. The first-order chi connectivity index (χ1) is 7.66. The van der Waals surface area contributed by atoms with Gasteiger partial charge in [0, 0.05) is 18.4 Å². The van der Waals surface area contributed by atoms with Gasteiger partial charge < -0.3 is 5.32 Å². The molecule has 0 radical (unpaired) electrons. The Labute approximate surface area is 98.5 Å². The molecule has 0 spiro atoms. The fourth-order valence-electron chi connectivity index (χ4n) is 2.79. The number of aromatic nitrogens is 1. The van der Waals surface area contributed by atoms with E-state index in [0.29, 0.717) is 6.04 Å². The monoisotopic (exact) mass is 218 g/mol. The average Bonchev–Trinajstić information content (AvgIpc) is 2.24. The van der Waals surface area contributed by atoms with Crippen LogP contribution in [0.1, 0.15) is 38.7 Å². The molecule has 1 aromatic heterocycles. The van der Waals surface area contributed by atoms with E-state index in [1.165, 1.54) is 30.5 Å². The lowest BCUT2D eigenvalue weighted by atomic mass is 9.78. The van der Waals surface area contributed by atoms with Gasteiger partial charge in [0.25, 0.3) is 0 Å². The molecule has 0 bridgehead atoms. The number of nitrogens with one attached hydrogen (secondary N) is 1. The number of hydrogen-bond donors (Lipinski definition) is 1. The summed E-state index contributed by atoms with van der Waals surface area (Å²) < 4.78 is 0. The van der Waals surface area contributed by atoms with Gasteiger partial charge in [-0.1, -0.05) is 20.3 Å². The SMILES string of the molecule is Cc1cncc(NC2C(C)CCCC2C)c1. The molecular weight excluding hydrogens is 196 g/mol. The molecule has 1 aliphatic carbocycles. The fourth-order valence-corrected chi connectivity index (χ4v) is 2.79. The van der Waals surface area contributed by atoms with Crippen LogP contribution in [0.4, 0.5) is 5.69 Å². The molecule has 0 amide bonds. The van der Waals surface area contributed by atoms with E-state index >= 15 is 0 Å². The molecule has 1 aromatic rings. The van der Waals surface area contributed by atoms with Crippen LogP contribution in [0, 0.1) is 18.8 Å². The van der Waals surface area contributed by atoms with Crippen molar-refractivity contribution in [1.29, 1.82) is 0 Å². The summed E-state index contributed by atoms with van der Waals surface area (Å²) in [6.07, 6.45) is 7.91. The third-order valence-electron chi connectivity index (χ3n) is 3.75. The molecule has 1 aliphatic rings. The lowest BCUT2D eigenvalue weighted by Crippen LogP contribution is -2.37. The van der Waals surface area contributed by atoms with Gasteiger partial charge in [-0.25, -0.2) is 0 Å². The van der Waals surface area contributed by atoms with Crippen LogP contribution in [0.15, 0.2) is 18.5 Å². The maximum Gasteiger partial charge on any atom is 0.0531 e.